The molecule has 0 radical (unpaired) electrons. The van der Waals surface area contributed by atoms with Gasteiger partial charge in [-0.15, -0.1) is 0 Å². The first-order valence-electron chi connectivity index (χ1n) is 4.51. The van der Waals surface area contributed by atoms with Crippen LogP contribution in [0.2, 0.25) is 0 Å². The molecule has 15 heavy (non-hydrogen) atoms. The molecule has 0 amide bonds. The molecule has 1 aromatic carbocycles. The minimum Gasteiger partial charge on any atom is -0.460 e. The first kappa shape index (κ1) is 11.8. The molecule has 0 aliphatic carbocycles. The molecule has 0 aromatic heterocycles. The van der Waals surface area contributed by atoms with E-state index in [2.05, 4.69) is 0 Å². The highest BCUT2D eigenvalue weighted by Gasteiger charge is 2.05. The third-order valence-electron chi connectivity index (χ3n) is 1.64. The van der Waals surface area contributed by atoms with E-state index in [1.165, 1.54) is 6.92 Å². The van der Waals surface area contributed by atoms with Gasteiger partial charge in [-0.3, -0.25) is 9.59 Å². The molecule has 4 heteroatoms. The van der Waals surface area contributed by atoms with Crippen molar-refractivity contribution in [2.75, 3.05) is 5.75 Å². The second kappa shape index (κ2) is 6.24. The van der Waals surface area contributed by atoms with Gasteiger partial charge < -0.3 is 4.74 Å². The van der Waals surface area contributed by atoms with Gasteiger partial charge in [0, 0.05) is 6.92 Å². The number of esters is 1. The Kier molecular flexibility index (Phi) is 4.90. The summed E-state index contributed by atoms with van der Waals surface area (Å²) in [5.74, 6) is -0.277. The van der Waals surface area contributed by atoms with E-state index < -0.39 is 0 Å². The van der Waals surface area contributed by atoms with Crippen LogP contribution in [0.4, 0.5) is 0 Å². The Morgan fingerprint density at radius 3 is 2.53 bits per heavy atom. The highest BCUT2D eigenvalue weighted by molar-refractivity contribution is 8.14. The molecule has 0 unspecified atom stereocenters. The standard InChI is InChI=1S/C11H12O3S/c1-9(12)15-8-11(13)14-7-10-5-3-2-4-6-10/h2-6H,7-8H2,1H3. The molecule has 0 saturated carbocycles. The van der Waals surface area contributed by atoms with Crippen molar-refractivity contribution >= 4 is 22.8 Å². The lowest BCUT2D eigenvalue weighted by Crippen LogP contribution is -2.08. The average Bonchev–Trinajstić information content (AvgIpc) is 2.25. The molecule has 0 saturated heterocycles. The molecule has 0 heterocycles. The van der Waals surface area contributed by atoms with E-state index in [-0.39, 0.29) is 23.4 Å². The molecule has 0 aliphatic heterocycles. The zero-order chi connectivity index (χ0) is 11.1. The number of carbonyl (C=O) groups excluding carboxylic acids is 2. The van der Waals surface area contributed by atoms with Gasteiger partial charge in [0.2, 0.25) is 0 Å². The summed E-state index contributed by atoms with van der Waals surface area (Å²) in [5.41, 5.74) is 0.943. The molecule has 80 valence electrons. The zero-order valence-electron chi connectivity index (χ0n) is 8.43. The minimum absolute atomic E-state index is 0.0772. The van der Waals surface area contributed by atoms with E-state index >= 15 is 0 Å². The monoisotopic (exact) mass is 224 g/mol. The highest BCUT2D eigenvalue weighted by Crippen LogP contribution is 2.04. The molecule has 0 aliphatic rings. The lowest BCUT2D eigenvalue weighted by molar-refractivity contribution is -0.141. The fourth-order valence-electron chi connectivity index (χ4n) is 0.940. The van der Waals surface area contributed by atoms with Crippen LogP contribution in [-0.4, -0.2) is 16.8 Å². The topological polar surface area (TPSA) is 43.4 Å². The van der Waals surface area contributed by atoms with Crippen LogP contribution in [0, 0.1) is 0 Å². The van der Waals surface area contributed by atoms with E-state index in [1.54, 1.807) is 0 Å². The quantitative estimate of drug-likeness (QED) is 0.734. The average molecular weight is 224 g/mol. The number of hydrogen-bond acceptors (Lipinski definition) is 4. The third kappa shape index (κ3) is 5.22. The van der Waals surface area contributed by atoms with Gasteiger partial charge in [0.1, 0.15) is 6.61 Å². The summed E-state index contributed by atoms with van der Waals surface area (Å²) < 4.78 is 4.97. The summed E-state index contributed by atoms with van der Waals surface area (Å²) >= 11 is 0.961. The van der Waals surface area contributed by atoms with Crippen molar-refractivity contribution in [3.63, 3.8) is 0 Å². The van der Waals surface area contributed by atoms with Crippen molar-refractivity contribution < 1.29 is 14.3 Å². The van der Waals surface area contributed by atoms with Crippen molar-refractivity contribution in [1.29, 1.82) is 0 Å². The zero-order valence-corrected chi connectivity index (χ0v) is 9.25. The highest BCUT2D eigenvalue weighted by atomic mass is 32.2. The Morgan fingerprint density at radius 1 is 1.27 bits per heavy atom. The fourth-order valence-corrected chi connectivity index (χ4v) is 1.34. The number of ether oxygens (including phenoxy) is 1. The number of carbonyl (C=O) groups is 2. The van der Waals surface area contributed by atoms with E-state index in [4.69, 9.17) is 4.74 Å². The molecule has 3 nitrogen and oxygen atoms in total. The minimum atomic E-state index is -0.362. The molecule has 1 aromatic rings. The Balaban J connectivity index is 2.26. The summed E-state index contributed by atoms with van der Waals surface area (Å²) in [6, 6.07) is 9.43. The van der Waals surface area contributed by atoms with Crippen LogP contribution in [0.5, 0.6) is 0 Å². The van der Waals surface area contributed by atoms with Crippen LogP contribution < -0.4 is 0 Å². The fraction of sp³-hybridized carbons (Fsp3) is 0.273. The van der Waals surface area contributed by atoms with Crippen LogP contribution in [0.1, 0.15) is 12.5 Å². The Bertz CT molecular complexity index is 335. The molecular formula is C11H12O3S. The summed E-state index contributed by atoms with van der Waals surface area (Å²) in [6.45, 7) is 1.69. The third-order valence-corrected chi connectivity index (χ3v) is 2.42. The summed E-state index contributed by atoms with van der Waals surface area (Å²) in [6.07, 6.45) is 0. The molecule has 0 N–H and O–H groups in total. The number of rotatable bonds is 4. The van der Waals surface area contributed by atoms with Crippen molar-refractivity contribution in [3.05, 3.63) is 35.9 Å². The molecule has 0 spiro atoms. The SMILES string of the molecule is CC(=O)SCC(=O)OCc1ccccc1. The van der Waals surface area contributed by atoms with Crippen LogP contribution in [0.3, 0.4) is 0 Å². The van der Waals surface area contributed by atoms with Crippen LogP contribution >= 0.6 is 11.8 Å². The van der Waals surface area contributed by atoms with Crippen LogP contribution in [0.15, 0.2) is 30.3 Å². The molecule has 1 rings (SSSR count). The largest absolute Gasteiger partial charge is 0.460 e. The Morgan fingerprint density at radius 2 is 1.93 bits per heavy atom. The van der Waals surface area contributed by atoms with Gasteiger partial charge in [0.15, 0.2) is 5.12 Å². The van der Waals surface area contributed by atoms with E-state index in [0.29, 0.717) is 0 Å². The van der Waals surface area contributed by atoms with Gasteiger partial charge in [-0.05, 0) is 5.56 Å². The smallest absolute Gasteiger partial charge is 0.316 e. The van der Waals surface area contributed by atoms with Crippen molar-refractivity contribution in [1.82, 2.24) is 0 Å². The molecule has 0 atom stereocenters. The van der Waals surface area contributed by atoms with Gasteiger partial charge in [0.05, 0.1) is 5.75 Å². The van der Waals surface area contributed by atoms with E-state index in [1.807, 2.05) is 30.3 Å². The van der Waals surface area contributed by atoms with Gasteiger partial charge in [0.25, 0.3) is 0 Å². The summed E-state index contributed by atoms with van der Waals surface area (Å²) in [5, 5.41) is -0.0772. The van der Waals surface area contributed by atoms with E-state index in [9.17, 15) is 9.59 Å². The number of benzene rings is 1. The van der Waals surface area contributed by atoms with Crippen molar-refractivity contribution in [2.45, 2.75) is 13.5 Å². The van der Waals surface area contributed by atoms with Gasteiger partial charge in [-0.25, -0.2) is 0 Å². The van der Waals surface area contributed by atoms with Gasteiger partial charge >= 0.3 is 5.97 Å². The van der Waals surface area contributed by atoms with Crippen molar-refractivity contribution in [2.24, 2.45) is 0 Å². The summed E-state index contributed by atoms with van der Waals surface area (Å²) in [7, 11) is 0. The van der Waals surface area contributed by atoms with Crippen LogP contribution in [-0.2, 0) is 20.9 Å². The Labute approximate surface area is 92.8 Å². The second-order valence-electron chi connectivity index (χ2n) is 2.93. The molecule has 0 fully saturated rings. The first-order chi connectivity index (χ1) is 7.18. The van der Waals surface area contributed by atoms with Crippen LogP contribution in [0.25, 0.3) is 0 Å². The maximum absolute atomic E-state index is 11.1. The lowest BCUT2D eigenvalue weighted by atomic mass is 10.2. The maximum atomic E-state index is 11.1. The number of thioether (sulfide) groups is 1. The normalized spacial score (nSPS) is 9.67. The molecular weight excluding hydrogens is 212 g/mol. The lowest BCUT2D eigenvalue weighted by Gasteiger charge is -2.03. The maximum Gasteiger partial charge on any atom is 0.316 e. The van der Waals surface area contributed by atoms with Crippen molar-refractivity contribution in [3.8, 4) is 0 Å². The van der Waals surface area contributed by atoms with Gasteiger partial charge in [-0.1, -0.05) is 42.1 Å². The second-order valence-corrected chi connectivity index (χ2v) is 4.08. The predicted octanol–water partition coefficient (Wildman–Crippen LogP) is 2.01. The van der Waals surface area contributed by atoms with Gasteiger partial charge in [-0.2, -0.15) is 0 Å². The predicted molar refractivity (Wildman–Crippen MR) is 59.4 cm³/mol. The Hall–Kier alpha value is -1.29. The summed E-state index contributed by atoms with van der Waals surface area (Å²) in [4.78, 5) is 21.7. The first-order valence-corrected chi connectivity index (χ1v) is 5.50. The van der Waals surface area contributed by atoms with E-state index in [0.717, 1.165) is 17.3 Å². The number of hydrogen-bond donors (Lipinski definition) is 0. The molecule has 0 bridgehead atoms.